The highest BCUT2D eigenvalue weighted by Gasteiger charge is 2.27. The number of piperidine rings is 1. The third-order valence-electron chi connectivity index (χ3n) is 8.38. The molecule has 9 heteroatoms. The van der Waals surface area contributed by atoms with Crippen molar-refractivity contribution in [3.63, 3.8) is 0 Å². The molecule has 44 heavy (non-hydrogen) atoms. The number of likely N-dealkylation sites (tertiary alicyclic amines) is 1. The van der Waals surface area contributed by atoms with E-state index < -0.39 is 5.97 Å². The summed E-state index contributed by atoms with van der Waals surface area (Å²) in [6, 6.07) is 27.1. The van der Waals surface area contributed by atoms with E-state index in [2.05, 4.69) is 25.1 Å². The van der Waals surface area contributed by atoms with Crippen molar-refractivity contribution in [2.45, 2.75) is 25.8 Å². The average molecular weight is 629 g/mol. The topological polar surface area (TPSA) is 84.7 Å². The molecule has 224 valence electrons. The third kappa shape index (κ3) is 6.03. The first-order valence-electron chi connectivity index (χ1n) is 14.5. The number of hydrogen-bond acceptors (Lipinski definition) is 4. The van der Waals surface area contributed by atoms with Gasteiger partial charge in [-0.1, -0.05) is 53.5 Å². The number of carboxylic acid groups (broad SMARTS) is 1. The summed E-state index contributed by atoms with van der Waals surface area (Å²) in [6.07, 6.45) is 0.946. The van der Waals surface area contributed by atoms with Crippen LogP contribution in [0.5, 0.6) is 5.75 Å². The van der Waals surface area contributed by atoms with Gasteiger partial charge in [0.15, 0.2) is 0 Å². The number of rotatable bonds is 7. The molecule has 7 nitrogen and oxygen atoms in total. The summed E-state index contributed by atoms with van der Waals surface area (Å²) in [4.78, 5) is 26.2. The summed E-state index contributed by atoms with van der Waals surface area (Å²) in [5.41, 5.74) is 5.03. The van der Waals surface area contributed by atoms with Gasteiger partial charge in [0.25, 0.3) is 5.91 Å². The van der Waals surface area contributed by atoms with Crippen LogP contribution < -0.4 is 4.74 Å². The number of methoxy groups -OCH3 is 1. The van der Waals surface area contributed by atoms with Gasteiger partial charge in [-0.15, -0.1) is 0 Å². The van der Waals surface area contributed by atoms with Crippen LogP contribution in [-0.2, 0) is 4.79 Å². The lowest BCUT2D eigenvalue weighted by atomic mass is 9.96. The lowest BCUT2D eigenvalue weighted by molar-refractivity contribution is -0.143. The van der Waals surface area contributed by atoms with Gasteiger partial charge in [0.05, 0.1) is 30.5 Å². The van der Waals surface area contributed by atoms with Crippen LogP contribution in [0.2, 0.25) is 10.0 Å². The van der Waals surface area contributed by atoms with E-state index in [9.17, 15) is 14.7 Å². The molecule has 1 unspecified atom stereocenters. The molecule has 5 aromatic rings. The summed E-state index contributed by atoms with van der Waals surface area (Å²) in [6.45, 7) is 2.96. The number of fused-ring (bicyclic) bond motifs is 1. The molecule has 1 saturated heterocycles. The minimum absolute atomic E-state index is 0.0827. The molecule has 0 saturated carbocycles. The van der Waals surface area contributed by atoms with E-state index in [0.717, 1.165) is 44.6 Å². The first-order chi connectivity index (χ1) is 21.2. The van der Waals surface area contributed by atoms with Crippen molar-refractivity contribution in [2.24, 2.45) is 5.92 Å². The van der Waals surface area contributed by atoms with Crippen LogP contribution in [0.1, 0.15) is 41.7 Å². The van der Waals surface area contributed by atoms with Crippen molar-refractivity contribution in [1.82, 2.24) is 14.7 Å². The Hall–Kier alpha value is -4.33. The number of ether oxygens (including phenoxy) is 1. The molecule has 1 aromatic heterocycles. The Kier molecular flexibility index (Phi) is 8.34. The summed E-state index contributed by atoms with van der Waals surface area (Å²) in [7, 11) is 1.66. The molecular formula is C35H31Cl2N3O4. The molecule has 0 spiro atoms. The molecule has 1 aliphatic rings. The maximum atomic E-state index is 13.2. The Morgan fingerprint density at radius 2 is 1.52 bits per heavy atom. The van der Waals surface area contributed by atoms with Gasteiger partial charge in [0.2, 0.25) is 0 Å². The molecule has 1 N–H and O–H groups in total. The molecule has 0 bridgehead atoms. The van der Waals surface area contributed by atoms with Crippen LogP contribution >= 0.6 is 23.2 Å². The van der Waals surface area contributed by atoms with Crippen molar-refractivity contribution in [3.8, 4) is 28.3 Å². The first-order valence-corrected chi connectivity index (χ1v) is 15.2. The van der Waals surface area contributed by atoms with Gasteiger partial charge < -0.3 is 14.7 Å². The number of aliphatic carboxylic acids is 1. The van der Waals surface area contributed by atoms with Crippen molar-refractivity contribution in [2.75, 3.05) is 20.2 Å². The monoisotopic (exact) mass is 627 g/mol. The van der Waals surface area contributed by atoms with Crippen LogP contribution in [0, 0.1) is 5.92 Å². The smallest absolute Gasteiger partial charge is 0.306 e. The number of carbonyl (C=O) groups is 2. The number of carbonyl (C=O) groups excluding carboxylic acids is 1. The molecule has 6 rings (SSSR count). The number of aromatic nitrogens is 2. The van der Waals surface area contributed by atoms with Gasteiger partial charge in [0, 0.05) is 39.8 Å². The van der Waals surface area contributed by atoms with Crippen LogP contribution in [0.3, 0.4) is 0 Å². The van der Waals surface area contributed by atoms with E-state index >= 15 is 0 Å². The van der Waals surface area contributed by atoms with Crippen LogP contribution in [-0.4, -0.2) is 51.9 Å². The maximum absolute atomic E-state index is 13.2. The second-order valence-corrected chi connectivity index (χ2v) is 12.0. The Bertz CT molecular complexity index is 1840. The highest BCUT2D eigenvalue weighted by molar-refractivity contribution is 6.35. The predicted octanol–water partition coefficient (Wildman–Crippen LogP) is 8.23. The fourth-order valence-corrected chi connectivity index (χ4v) is 6.34. The Balaban J connectivity index is 1.34. The SMILES string of the molecule is COc1ccc2cc(-c3cc(-c4cc(Cl)cc(Cl)c4)nn3C(C)c3ccc(C(=O)N4CCC(C(=O)O)CC4)cc3)ccc2c1. The van der Waals surface area contributed by atoms with E-state index in [1.54, 1.807) is 18.1 Å². The predicted molar refractivity (Wildman–Crippen MR) is 174 cm³/mol. The Labute approximate surface area is 265 Å². The summed E-state index contributed by atoms with van der Waals surface area (Å²) in [5.74, 6) is -0.459. The minimum Gasteiger partial charge on any atom is -0.497 e. The quantitative estimate of drug-likeness (QED) is 0.196. The van der Waals surface area contributed by atoms with E-state index in [0.29, 0.717) is 41.5 Å². The number of nitrogens with zero attached hydrogens (tertiary/aromatic N) is 3. The zero-order valence-corrected chi connectivity index (χ0v) is 25.8. The van der Waals surface area contributed by atoms with E-state index in [-0.39, 0.29) is 17.9 Å². The first kappa shape index (κ1) is 29.7. The average Bonchev–Trinajstić information content (AvgIpc) is 3.49. The fourth-order valence-electron chi connectivity index (χ4n) is 5.82. The van der Waals surface area contributed by atoms with Crippen molar-refractivity contribution in [3.05, 3.63) is 106 Å². The van der Waals surface area contributed by atoms with E-state index in [1.807, 2.05) is 65.3 Å². The second kappa shape index (κ2) is 12.3. The Morgan fingerprint density at radius 3 is 2.18 bits per heavy atom. The maximum Gasteiger partial charge on any atom is 0.306 e. The summed E-state index contributed by atoms with van der Waals surface area (Å²) in [5, 5.41) is 17.5. The van der Waals surface area contributed by atoms with Gasteiger partial charge >= 0.3 is 5.97 Å². The van der Waals surface area contributed by atoms with Crippen LogP contribution in [0.25, 0.3) is 33.3 Å². The normalized spacial score (nSPS) is 14.5. The van der Waals surface area contributed by atoms with Gasteiger partial charge in [-0.2, -0.15) is 5.10 Å². The number of benzene rings is 4. The van der Waals surface area contributed by atoms with Gasteiger partial charge in [0.1, 0.15) is 5.75 Å². The molecule has 1 atom stereocenters. The highest BCUT2D eigenvalue weighted by Crippen LogP contribution is 2.35. The van der Waals surface area contributed by atoms with Gasteiger partial charge in [-0.3, -0.25) is 14.3 Å². The minimum atomic E-state index is -0.793. The molecule has 2 heterocycles. The van der Waals surface area contributed by atoms with Crippen LogP contribution in [0.4, 0.5) is 0 Å². The zero-order valence-electron chi connectivity index (χ0n) is 24.3. The number of amides is 1. The van der Waals surface area contributed by atoms with Crippen molar-refractivity contribution >= 4 is 45.9 Å². The molecular weight excluding hydrogens is 597 g/mol. The lowest BCUT2D eigenvalue weighted by Gasteiger charge is -2.30. The van der Waals surface area contributed by atoms with Gasteiger partial charge in [-0.25, -0.2) is 0 Å². The second-order valence-electron chi connectivity index (χ2n) is 11.1. The van der Waals surface area contributed by atoms with Gasteiger partial charge in [-0.05, 0) is 90.7 Å². The number of halogens is 2. The standard InChI is InChI=1S/C35H31Cl2N3O4/c1-21(22-3-5-23(6-4-22)34(41)39-13-11-24(12-14-39)35(42)43)40-33(20-32(38-40)28-16-29(36)19-30(37)17-28)27-8-7-26-18-31(44-2)10-9-25(26)15-27/h3-10,15-21,24H,11-14H2,1-2H3,(H,42,43). The van der Waals surface area contributed by atoms with E-state index in [1.165, 1.54) is 0 Å². The molecule has 4 aromatic carbocycles. The number of carboxylic acids is 1. The molecule has 0 aliphatic carbocycles. The summed E-state index contributed by atoms with van der Waals surface area (Å²) >= 11 is 12.7. The van der Waals surface area contributed by atoms with Crippen molar-refractivity contribution < 1.29 is 19.4 Å². The molecule has 0 radical (unpaired) electrons. The summed E-state index contributed by atoms with van der Waals surface area (Å²) < 4.78 is 7.39. The fraction of sp³-hybridized carbons (Fsp3) is 0.229. The van der Waals surface area contributed by atoms with E-state index in [4.69, 9.17) is 33.0 Å². The highest BCUT2D eigenvalue weighted by atomic mass is 35.5. The largest absolute Gasteiger partial charge is 0.497 e. The van der Waals surface area contributed by atoms with Crippen LogP contribution in [0.15, 0.2) is 84.9 Å². The van der Waals surface area contributed by atoms with Crippen molar-refractivity contribution in [1.29, 1.82) is 0 Å². The molecule has 1 amide bonds. The zero-order chi connectivity index (χ0) is 31.0. The third-order valence-corrected chi connectivity index (χ3v) is 8.81. The number of hydrogen-bond donors (Lipinski definition) is 1. The Morgan fingerprint density at radius 1 is 0.864 bits per heavy atom. The molecule has 1 aliphatic heterocycles. The molecule has 1 fully saturated rings. The lowest BCUT2D eigenvalue weighted by Crippen LogP contribution is -2.40.